The normalized spacial score (nSPS) is 13.9. The van der Waals surface area contributed by atoms with Gasteiger partial charge in [-0.3, -0.25) is 14.5 Å². The number of fused-ring (bicyclic) bond motifs is 1. The first-order chi connectivity index (χ1) is 13.9. The van der Waals surface area contributed by atoms with Gasteiger partial charge in [0.15, 0.2) is 0 Å². The Bertz CT molecular complexity index is 997. The first kappa shape index (κ1) is 21.0. The maximum absolute atomic E-state index is 13.0. The van der Waals surface area contributed by atoms with Crippen molar-refractivity contribution in [1.29, 1.82) is 0 Å². The van der Waals surface area contributed by atoms with E-state index in [1.165, 1.54) is 33.5 Å². The zero-order valence-corrected chi connectivity index (χ0v) is 17.4. The summed E-state index contributed by atoms with van der Waals surface area (Å²) in [6.45, 7) is 4.70. The van der Waals surface area contributed by atoms with Crippen molar-refractivity contribution >= 4 is 33.2 Å². The molecular weight excluding hydrogens is 390 g/mol. The second-order valence-electron chi connectivity index (χ2n) is 6.89. The number of rotatable bonds is 7. The molecule has 154 valence electrons. The van der Waals surface area contributed by atoms with Gasteiger partial charge in [-0.2, -0.15) is 4.31 Å². The molecule has 2 aromatic carbocycles. The van der Waals surface area contributed by atoms with E-state index in [0.29, 0.717) is 30.0 Å². The number of nitrogens with zero attached hydrogens (tertiary/aromatic N) is 2. The van der Waals surface area contributed by atoms with Gasteiger partial charge in [-0.25, -0.2) is 8.42 Å². The van der Waals surface area contributed by atoms with Crippen LogP contribution in [0.2, 0.25) is 0 Å². The van der Waals surface area contributed by atoms with Gasteiger partial charge >= 0.3 is 0 Å². The van der Waals surface area contributed by atoms with Gasteiger partial charge in [0.1, 0.15) is 6.54 Å². The Morgan fingerprint density at radius 3 is 2.28 bits per heavy atom. The summed E-state index contributed by atoms with van der Waals surface area (Å²) in [4.78, 5) is 26.5. The lowest BCUT2D eigenvalue weighted by Crippen LogP contribution is -2.42. The van der Waals surface area contributed by atoms with Gasteiger partial charge in [0.2, 0.25) is 15.9 Å². The standard InChI is InChI=1S/C21H25N3O4S/c1-3-13-23(14-4-2)29(27,28)17-11-9-16(10-12-17)21(26)24-15-20(25)22-18-7-5-6-8-19(18)24/h5-12H,3-4,13-15H2,1-2H3,(H,22,25). The number of carbonyl (C=O) groups excluding carboxylic acids is 2. The number of sulfonamides is 1. The van der Waals surface area contributed by atoms with Crippen LogP contribution in [0.4, 0.5) is 11.4 Å². The molecule has 0 bridgehead atoms. The van der Waals surface area contributed by atoms with Crippen LogP contribution in [0.5, 0.6) is 0 Å². The fourth-order valence-corrected chi connectivity index (χ4v) is 4.96. The molecular formula is C21H25N3O4S. The quantitative estimate of drug-likeness (QED) is 0.753. The molecule has 0 saturated carbocycles. The summed E-state index contributed by atoms with van der Waals surface area (Å²) in [7, 11) is -3.61. The lowest BCUT2D eigenvalue weighted by atomic mass is 10.1. The number of para-hydroxylation sites is 2. The van der Waals surface area contributed by atoms with Gasteiger partial charge < -0.3 is 5.32 Å². The van der Waals surface area contributed by atoms with E-state index < -0.39 is 10.0 Å². The van der Waals surface area contributed by atoms with Crippen molar-refractivity contribution in [3.63, 3.8) is 0 Å². The fraction of sp³-hybridized carbons (Fsp3) is 0.333. The zero-order valence-electron chi connectivity index (χ0n) is 16.6. The smallest absolute Gasteiger partial charge is 0.258 e. The topological polar surface area (TPSA) is 86.8 Å². The highest BCUT2D eigenvalue weighted by Crippen LogP contribution is 2.30. The zero-order chi connectivity index (χ0) is 21.0. The highest BCUT2D eigenvalue weighted by atomic mass is 32.2. The van der Waals surface area contributed by atoms with E-state index in [4.69, 9.17) is 0 Å². The monoisotopic (exact) mass is 415 g/mol. The first-order valence-corrected chi connectivity index (χ1v) is 11.1. The Morgan fingerprint density at radius 2 is 1.66 bits per heavy atom. The third-order valence-corrected chi connectivity index (χ3v) is 6.61. The minimum absolute atomic E-state index is 0.0866. The Labute approximate surface area is 171 Å². The molecule has 0 unspecified atom stereocenters. The second kappa shape index (κ2) is 8.75. The Hall–Kier alpha value is -2.71. The molecule has 0 aliphatic carbocycles. The molecule has 7 nitrogen and oxygen atoms in total. The lowest BCUT2D eigenvalue weighted by molar-refractivity contribution is -0.115. The summed E-state index contributed by atoms with van der Waals surface area (Å²) in [5, 5.41) is 2.74. The van der Waals surface area contributed by atoms with E-state index >= 15 is 0 Å². The number of anilines is 2. The van der Waals surface area contributed by atoms with Crippen LogP contribution < -0.4 is 10.2 Å². The minimum Gasteiger partial charge on any atom is -0.323 e. The van der Waals surface area contributed by atoms with E-state index in [-0.39, 0.29) is 23.3 Å². The number of nitrogens with one attached hydrogen (secondary N) is 1. The molecule has 8 heteroatoms. The molecule has 0 saturated heterocycles. The number of hydrogen-bond acceptors (Lipinski definition) is 4. The van der Waals surface area contributed by atoms with Crippen LogP contribution in [0.25, 0.3) is 0 Å². The molecule has 3 rings (SSSR count). The number of amides is 2. The van der Waals surface area contributed by atoms with Crippen molar-refractivity contribution in [1.82, 2.24) is 4.31 Å². The molecule has 0 aromatic heterocycles. The fourth-order valence-electron chi connectivity index (χ4n) is 3.34. The molecule has 2 amide bonds. The molecule has 0 atom stereocenters. The SMILES string of the molecule is CCCN(CCC)S(=O)(=O)c1ccc(C(=O)N2CC(=O)Nc3ccccc32)cc1. The molecule has 1 N–H and O–H groups in total. The van der Waals surface area contributed by atoms with Crippen molar-refractivity contribution < 1.29 is 18.0 Å². The van der Waals surface area contributed by atoms with Crippen LogP contribution in [0, 0.1) is 0 Å². The van der Waals surface area contributed by atoms with Crippen LogP contribution in [0.1, 0.15) is 37.0 Å². The van der Waals surface area contributed by atoms with Crippen molar-refractivity contribution in [3.05, 3.63) is 54.1 Å². The van der Waals surface area contributed by atoms with Gasteiger partial charge in [-0.15, -0.1) is 0 Å². The molecule has 1 heterocycles. The summed E-state index contributed by atoms with van der Waals surface area (Å²) >= 11 is 0. The van der Waals surface area contributed by atoms with Gasteiger partial charge in [-0.1, -0.05) is 26.0 Å². The predicted molar refractivity (Wildman–Crippen MR) is 113 cm³/mol. The summed E-state index contributed by atoms with van der Waals surface area (Å²) in [6, 6.07) is 13.0. The molecule has 1 aliphatic rings. The largest absolute Gasteiger partial charge is 0.323 e. The van der Waals surface area contributed by atoms with Crippen molar-refractivity contribution in [3.8, 4) is 0 Å². The van der Waals surface area contributed by atoms with Crippen LogP contribution in [-0.2, 0) is 14.8 Å². The van der Waals surface area contributed by atoms with E-state index in [9.17, 15) is 18.0 Å². The molecule has 29 heavy (non-hydrogen) atoms. The lowest BCUT2D eigenvalue weighted by Gasteiger charge is -2.29. The molecule has 1 aliphatic heterocycles. The second-order valence-corrected chi connectivity index (χ2v) is 8.82. The molecule has 0 fully saturated rings. The Kier molecular flexibility index (Phi) is 6.34. The van der Waals surface area contributed by atoms with Crippen molar-refractivity contribution in [2.45, 2.75) is 31.6 Å². The van der Waals surface area contributed by atoms with E-state index in [1.54, 1.807) is 24.3 Å². The first-order valence-electron chi connectivity index (χ1n) is 9.69. The van der Waals surface area contributed by atoms with E-state index in [1.807, 2.05) is 13.8 Å². The van der Waals surface area contributed by atoms with Gasteiger partial charge in [0, 0.05) is 18.7 Å². The average molecular weight is 416 g/mol. The third kappa shape index (κ3) is 4.33. The number of benzene rings is 2. The number of hydrogen-bond donors (Lipinski definition) is 1. The minimum atomic E-state index is -3.61. The Balaban J connectivity index is 1.87. The molecule has 0 radical (unpaired) electrons. The third-order valence-electron chi connectivity index (χ3n) is 4.70. The highest BCUT2D eigenvalue weighted by Gasteiger charge is 2.28. The average Bonchev–Trinajstić information content (AvgIpc) is 2.72. The van der Waals surface area contributed by atoms with Gasteiger partial charge in [0.05, 0.1) is 16.3 Å². The van der Waals surface area contributed by atoms with Gasteiger partial charge in [-0.05, 0) is 49.2 Å². The Morgan fingerprint density at radius 1 is 1.03 bits per heavy atom. The van der Waals surface area contributed by atoms with Crippen LogP contribution in [0.15, 0.2) is 53.4 Å². The van der Waals surface area contributed by atoms with Crippen LogP contribution in [0.3, 0.4) is 0 Å². The summed E-state index contributed by atoms with van der Waals surface area (Å²) < 4.78 is 27.2. The number of carbonyl (C=O) groups is 2. The predicted octanol–water partition coefficient (Wildman–Crippen LogP) is 3.10. The maximum atomic E-state index is 13.0. The highest BCUT2D eigenvalue weighted by molar-refractivity contribution is 7.89. The van der Waals surface area contributed by atoms with Crippen molar-refractivity contribution in [2.24, 2.45) is 0 Å². The van der Waals surface area contributed by atoms with Crippen LogP contribution in [-0.4, -0.2) is 44.2 Å². The summed E-state index contributed by atoms with van der Waals surface area (Å²) in [5.74, 6) is -0.624. The molecule has 2 aromatic rings. The van der Waals surface area contributed by atoms with Crippen LogP contribution >= 0.6 is 0 Å². The summed E-state index contributed by atoms with van der Waals surface area (Å²) in [5.41, 5.74) is 1.52. The molecule has 0 spiro atoms. The van der Waals surface area contributed by atoms with Crippen molar-refractivity contribution in [2.75, 3.05) is 29.9 Å². The van der Waals surface area contributed by atoms with E-state index in [2.05, 4.69) is 5.32 Å². The summed E-state index contributed by atoms with van der Waals surface area (Å²) in [6.07, 6.45) is 1.46. The van der Waals surface area contributed by atoms with E-state index in [0.717, 1.165) is 12.8 Å². The van der Waals surface area contributed by atoms with Gasteiger partial charge in [0.25, 0.3) is 5.91 Å². The maximum Gasteiger partial charge on any atom is 0.258 e.